The van der Waals surface area contributed by atoms with E-state index in [0.717, 1.165) is 31.6 Å². The van der Waals surface area contributed by atoms with E-state index in [1.165, 1.54) is 0 Å². The van der Waals surface area contributed by atoms with Crippen molar-refractivity contribution in [2.45, 2.75) is 32.0 Å². The number of aromatic nitrogens is 2. The molecular formula is C12H18FN3. The van der Waals surface area contributed by atoms with Crippen LogP contribution in [0.25, 0.3) is 0 Å². The van der Waals surface area contributed by atoms with E-state index < -0.39 is 6.17 Å². The Hall–Kier alpha value is -1.32. The first-order valence-corrected chi connectivity index (χ1v) is 5.78. The number of hydrogen-bond donors (Lipinski definition) is 0. The Morgan fingerprint density at radius 1 is 1.56 bits per heavy atom. The molecule has 0 bridgehead atoms. The van der Waals surface area contributed by atoms with Gasteiger partial charge in [0, 0.05) is 37.7 Å². The molecule has 2 heterocycles. The van der Waals surface area contributed by atoms with Crippen LogP contribution in [0.1, 0.15) is 19.3 Å². The van der Waals surface area contributed by atoms with Crippen molar-refractivity contribution in [3.05, 3.63) is 31.0 Å². The zero-order valence-electron chi connectivity index (χ0n) is 9.48. The summed E-state index contributed by atoms with van der Waals surface area (Å²) >= 11 is 0. The molecule has 2 rings (SSSR count). The predicted molar refractivity (Wildman–Crippen MR) is 61.7 cm³/mol. The van der Waals surface area contributed by atoms with E-state index in [1.807, 2.05) is 12.5 Å². The molecular weight excluding hydrogens is 205 g/mol. The summed E-state index contributed by atoms with van der Waals surface area (Å²) in [5, 5.41) is 0. The molecule has 0 aromatic carbocycles. The Bertz CT molecular complexity index is 334. The van der Waals surface area contributed by atoms with Gasteiger partial charge in [-0.15, -0.1) is 0 Å². The molecule has 3 nitrogen and oxygen atoms in total. The lowest BCUT2D eigenvalue weighted by Gasteiger charge is -2.20. The van der Waals surface area contributed by atoms with E-state index in [0.29, 0.717) is 13.0 Å². The van der Waals surface area contributed by atoms with Gasteiger partial charge in [0.15, 0.2) is 0 Å². The highest BCUT2D eigenvalue weighted by atomic mass is 19.1. The van der Waals surface area contributed by atoms with Crippen LogP contribution in [0.3, 0.4) is 0 Å². The van der Waals surface area contributed by atoms with Crippen molar-refractivity contribution in [3.8, 4) is 0 Å². The first kappa shape index (κ1) is 11.2. The Labute approximate surface area is 95.6 Å². The first-order chi connectivity index (χ1) is 7.75. The van der Waals surface area contributed by atoms with Gasteiger partial charge in [0.25, 0.3) is 0 Å². The third kappa shape index (κ3) is 2.84. The summed E-state index contributed by atoms with van der Waals surface area (Å²) in [5.74, 6) is 0. The molecule has 1 saturated heterocycles. The highest BCUT2D eigenvalue weighted by Gasteiger charge is 2.21. The highest BCUT2D eigenvalue weighted by molar-refractivity contribution is 4.97. The van der Waals surface area contributed by atoms with Crippen LogP contribution in [0.5, 0.6) is 0 Å². The van der Waals surface area contributed by atoms with Gasteiger partial charge in [-0.1, -0.05) is 6.58 Å². The smallest absolute Gasteiger partial charge is 0.119 e. The highest BCUT2D eigenvalue weighted by Crippen LogP contribution is 2.19. The number of imidazole rings is 1. The summed E-state index contributed by atoms with van der Waals surface area (Å²) in [4.78, 5) is 6.06. The molecule has 4 heteroatoms. The molecule has 0 amide bonds. The molecule has 0 radical (unpaired) electrons. The summed E-state index contributed by atoms with van der Waals surface area (Å²) in [6.45, 7) is 6.33. The zero-order valence-corrected chi connectivity index (χ0v) is 9.48. The normalized spacial score (nSPS) is 20.3. The van der Waals surface area contributed by atoms with Crippen LogP contribution in [0.15, 0.2) is 31.0 Å². The maximum Gasteiger partial charge on any atom is 0.119 e. The largest absolute Gasteiger partial charge is 0.372 e. The van der Waals surface area contributed by atoms with E-state index in [9.17, 15) is 4.39 Å². The van der Waals surface area contributed by atoms with Crippen LogP contribution in [0, 0.1) is 0 Å². The fraction of sp³-hybridized carbons (Fsp3) is 0.583. The molecule has 0 spiro atoms. The molecule has 0 N–H and O–H groups in total. The number of halogens is 1. The van der Waals surface area contributed by atoms with Crippen molar-refractivity contribution in [3.63, 3.8) is 0 Å². The average Bonchev–Trinajstić information content (AvgIpc) is 2.89. The minimum atomic E-state index is -0.662. The minimum Gasteiger partial charge on any atom is -0.372 e. The van der Waals surface area contributed by atoms with E-state index in [2.05, 4.69) is 21.0 Å². The molecule has 1 unspecified atom stereocenters. The van der Waals surface area contributed by atoms with E-state index >= 15 is 0 Å². The van der Waals surface area contributed by atoms with Gasteiger partial charge in [-0.3, -0.25) is 0 Å². The Kier molecular flexibility index (Phi) is 3.59. The number of rotatable bonds is 5. The Balaban J connectivity index is 1.68. The number of likely N-dealkylation sites (tertiary alicyclic amines) is 1. The van der Waals surface area contributed by atoms with Crippen LogP contribution < -0.4 is 0 Å². The van der Waals surface area contributed by atoms with Crippen molar-refractivity contribution in [2.75, 3.05) is 13.1 Å². The van der Waals surface area contributed by atoms with E-state index in [-0.39, 0.29) is 0 Å². The second-order valence-electron chi connectivity index (χ2n) is 4.30. The van der Waals surface area contributed by atoms with E-state index in [1.54, 1.807) is 6.20 Å². The lowest BCUT2D eigenvalue weighted by Crippen LogP contribution is -2.19. The zero-order chi connectivity index (χ0) is 11.4. The van der Waals surface area contributed by atoms with Gasteiger partial charge in [-0.05, 0) is 19.3 Å². The first-order valence-electron chi connectivity index (χ1n) is 5.78. The van der Waals surface area contributed by atoms with Gasteiger partial charge in [-0.2, -0.15) is 0 Å². The molecule has 1 atom stereocenters. The van der Waals surface area contributed by atoms with Crippen LogP contribution in [-0.2, 0) is 6.54 Å². The topological polar surface area (TPSA) is 21.1 Å². The number of nitrogens with zero attached hydrogens (tertiary/aromatic N) is 3. The monoisotopic (exact) mass is 223 g/mol. The van der Waals surface area contributed by atoms with Crippen LogP contribution >= 0.6 is 0 Å². The van der Waals surface area contributed by atoms with Gasteiger partial charge in [0.1, 0.15) is 6.17 Å². The van der Waals surface area contributed by atoms with Gasteiger partial charge in [-0.25, -0.2) is 9.37 Å². The SMILES string of the molecule is C=C(CCCn1ccnc1)N1CCC(F)C1. The van der Waals surface area contributed by atoms with Crippen molar-refractivity contribution < 1.29 is 4.39 Å². The standard InChI is InChI=1S/C12H18FN3/c1-11(16-7-4-12(13)9-16)3-2-6-15-8-5-14-10-15/h5,8,10,12H,1-4,6-7,9H2. The van der Waals surface area contributed by atoms with Crippen molar-refractivity contribution in [2.24, 2.45) is 0 Å². The predicted octanol–water partition coefficient (Wildman–Crippen LogP) is 2.22. The fourth-order valence-corrected chi connectivity index (χ4v) is 2.05. The lowest BCUT2D eigenvalue weighted by atomic mass is 10.2. The quantitative estimate of drug-likeness (QED) is 0.763. The second kappa shape index (κ2) is 5.14. The summed E-state index contributed by atoms with van der Waals surface area (Å²) in [6.07, 6.45) is 7.51. The van der Waals surface area contributed by atoms with Crippen LogP contribution in [-0.4, -0.2) is 33.7 Å². The van der Waals surface area contributed by atoms with Crippen molar-refractivity contribution >= 4 is 0 Å². The average molecular weight is 223 g/mol. The van der Waals surface area contributed by atoms with Crippen LogP contribution in [0.2, 0.25) is 0 Å². The third-order valence-electron chi connectivity index (χ3n) is 3.02. The molecule has 1 fully saturated rings. The molecule has 1 aliphatic heterocycles. The van der Waals surface area contributed by atoms with Crippen LogP contribution in [0.4, 0.5) is 4.39 Å². The summed E-state index contributed by atoms with van der Waals surface area (Å²) in [6, 6.07) is 0. The molecule has 1 aromatic rings. The number of alkyl halides is 1. The summed E-state index contributed by atoms with van der Waals surface area (Å²) in [7, 11) is 0. The maximum atomic E-state index is 13.0. The Morgan fingerprint density at radius 2 is 2.44 bits per heavy atom. The Morgan fingerprint density at radius 3 is 3.06 bits per heavy atom. The van der Waals surface area contributed by atoms with E-state index in [4.69, 9.17) is 0 Å². The van der Waals surface area contributed by atoms with Gasteiger partial charge >= 0.3 is 0 Å². The second-order valence-corrected chi connectivity index (χ2v) is 4.30. The molecule has 88 valence electrons. The molecule has 16 heavy (non-hydrogen) atoms. The lowest BCUT2D eigenvalue weighted by molar-refractivity contribution is 0.319. The van der Waals surface area contributed by atoms with Gasteiger partial charge in [0.05, 0.1) is 6.33 Å². The van der Waals surface area contributed by atoms with Gasteiger partial charge in [0.2, 0.25) is 0 Å². The van der Waals surface area contributed by atoms with Crippen molar-refractivity contribution in [1.29, 1.82) is 0 Å². The molecule has 1 aliphatic rings. The minimum absolute atomic E-state index is 0.532. The van der Waals surface area contributed by atoms with Gasteiger partial charge < -0.3 is 9.47 Å². The summed E-state index contributed by atoms with van der Waals surface area (Å²) < 4.78 is 15.0. The number of hydrogen-bond acceptors (Lipinski definition) is 2. The molecule has 1 aromatic heterocycles. The number of aryl methyl sites for hydroxylation is 1. The molecule has 0 aliphatic carbocycles. The summed E-state index contributed by atoms with van der Waals surface area (Å²) in [5.41, 5.74) is 1.07. The maximum absolute atomic E-state index is 13.0. The van der Waals surface area contributed by atoms with Crippen molar-refractivity contribution in [1.82, 2.24) is 14.5 Å². The fourth-order valence-electron chi connectivity index (χ4n) is 2.05. The molecule has 0 saturated carbocycles. The third-order valence-corrected chi connectivity index (χ3v) is 3.02. The number of allylic oxidation sites excluding steroid dienone is 1.